The number of benzene rings is 1. The maximum absolute atomic E-state index is 5.90. The van der Waals surface area contributed by atoms with Crippen molar-refractivity contribution in [2.24, 2.45) is 5.73 Å². The first kappa shape index (κ1) is 15.0. The maximum Gasteiger partial charge on any atom is 0.118 e. The molecule has 5 heteroatoms. The fraction of sp³-hybridized carbons (Fsp3) is 0.400. The molecular formula is C10H15ClINO2. The smallest absolute Gasteiger partial charge is 0.118 e. The van der Waals surface area contributed by atoms with E-state index in [2.05, 4.69) is 22.6 Å². The van der Waals surface area contributed by atoms with Gasteiger partial charge >= 0.3 is 0 Å². The van der Waals surface area contributed by atoms with Crippen molar-refractivity contribution >= 4 is 35.0 Å². The summed E-state index contributed by atoms with van der Waals surface area (Å²) >= 11 is 2.15. The SMILES string of the molecule is COc1ccc(C(N)COCI)cc1.Cl. The normalized spacial score (nSPS) is 11.7. The fourth-order valence-corrected chi connectivity index (χ4v) is 1.37. The third-order valence-corrected chi connectivity index (χ3v) is 2.36. The highest BCUT2D eigenvalue weighted by atomic mass is 127. The molecule has 86 valence electrons. The van der Waals surface area contributed by atoms with Crippen LogP contribution >= 0.6 is 35.0 Å². The van der Waals surface area contributed by atoms with E-state index in [1.54, 1.807) is 7.11 Å². The van der Waals surface area contributed by atoms with Gasteiger partial charge in [-0.25, -0.2) is 0 Å². The summed E-state index contributed by atoms with van der Waals surface area (Å²) in [6.07, 6.45) is 0. The zero-order valence-electron chi connectivity index (χ0n) is 8.48. The fourth-order valence-electron chi connectivity index (χ4n) is 1.12. The molecule has 1 rings (SSSR count). The molecule has 0 aliphatic carbocycles. The van der Waals surface area contributed by atoms with Crippen molar-refractivity contribution in [2.75, 3.05) is 18.3 Å². The minimum absolute atomic E-state index is 0. The predicted molar refractivity (Wildman–Crippen MR) is 72.0 cm³/mol. The van der Waals surface area contributed by atoms with E-state index in [4.69, 9.17) is 15.2 Å². The lowest BCUT2D eigenvalue weighted by Crippen LogP contribution is -2.16. The number of methoxy groups -OCH3 is 1. The van der Waals surface area contributed by atoms with Gasteiger partial charge in [0.05, 0.1) is 24.4 Å². The van der Waals surface area contributed by atoms with Crippen molar-refractivity contribution < 1.29 is 9.47 Å². The minimum atomic E-state index is -0.0596. The van der Waals surface area contributed by atoms with Crippen molar-refractivity contribution in [1.82, 2.24) is 0 Å². The average molecular weight is 344 g/mol. The quantitative estimate of drug-likeness (QED) is 0.660. The number of ether oxygens (including phenoxy) is 2. The van der Waals surface area contributed by atoms with Gasteiger partial charge in [0, 0.05) is 0 Å². The predicted octanol–water partition coefficient (Wildman–Crippen LogP) is 2.53. The van der Waals surface area contributed by atoms with Crippen LogP contribution in [0, 0.1) is 0 Å². The number of alkyl halides is 1. The van der Waals surface area contributed by atoms with Crippen LogP contribution < -0.4 is 10.5 Å². The lowest BCUT2D eigenvalue weighted by atomic mass is 10.1. The second kappa shape index (κ2) is 8.15. The molecule has 0 spiro atoms. The molecule has 0 amide bonds. The monoisotopic (exact) mass is 343 g/mol. The Bertz CT molecular complexity index is 269. The van der Waals surface area contributed by atoms with Gasteiger partial charge in [-0.2, -0.15) is 0 Å². The zero-order chi connectivity index (χ0) is 10.4. The van der Waals surface area contributed by atoms with E-state index in [0.717, 1.165) is 11.3 Å². The summed E-state index contributed by atoms with van der Waals surface area (Å²) in [6.45, 7) is 0.551. The van der Waals surface area contributed by atoms with E-state index < -0.39 is 0 Å². The molecule has 1 aromatic rings. The van der Waals surface area contributed by atoms with Crippen LogP contribution in [0.5, 0.6) is 5.75 Å². The number of rotatable bonds is 5. The standard InChI is InChI=1S/C10H14INO2.ClH/c1-13-9-4-2-8(3-5-9)10(12)6-14-7-11;/h2-5,10H,6-7,12H2,1H3;1H. The Kier molecular flexibility index (Phi) is 8.13. The molecule has 0 saturated heterocycles. The molecule has 2 N–H and O–H groups in total. The molecule has 1 atom stereocenters. The molecule has 15 heavy (non-hydrogen) atoms. The molecule has 1 unspecified atom stereocenters. The van der Waals surface area contributed by atoms with Crippen LogP contribution in [0.3, 0.4) is 0 Å². The molecule has 0 aliphatic rings. The second-order valence-corrected chi connectivity index (χ2v) is 3.48. The molecule has 0 aromatic heterocycles. The van der Waals surface area contributed by atoms with Gasteiger partial charge in [0.1, 0.15) is 5.75 Å². The van der Waals surface area contributed by atoms with Crippen molar-refractivity contribution in [3.8, 4) is 5.75 Å². The molecule has 0 fully saturated rings. The van der Waals surface area contributed by atoms with Crippen molar-refractivity contribution in [3.63, 3.8) is 0 Å². The largest absolute Gasteiger partial charge is 0.497 e. The molecule has 0 saturated carbocycles. The van der Waals surface area contributed by atoms with Gasteiger partial charge in [0.15, 0.2) is 0 Å². The van der Waals surface area contributed by atoms with E-state index in [-0.39, 0.29) is 18.4 Å². The number of halogens is 2. The Labute approximate surface area is 110 Å². The summed E-state index contributed by atoms with van der Waals surface area (Å²) in [6, 6.07) is 7.66. The third-order valence-electron chi connectivity index (χ3n) is 1.92. The van der Waals surface area contributed by atoms with Gasteiger partial charge in [0.2, 0.25) is 0 Å². The summed E-state index contributed by atoms with van der Waals surface area (Å²) in [5.74, 6) is 0.843. The van der Waals surface area contributed by atoms with Crippen molar-refractivity contribution in [1.29, 1.82) is 0 Å². The van der Waals surface area contributed by atoms with Crippen LogP contribution in [0.2, 0.25) is 0 Å². The number of hydrogen-bond donors (Lipinski definition) is 1. The summed E-state index contributed by atoms with van der Waals surface area (Å²) < 4.78 is 11.0. The van der Waals surface area contributed by atoms with E-state index in [1.165, 1.54) is 0 Å². The lowest BCUT2D eigenvalue weighted by molar-refractivity contribution is 0.174. The minimum Gasteiger partial charge on any atom is -0.497 e. The van der Waals surface area contributed by atoms with Gasteiger partial charge in [-0.05, 0) is 17.7 Å². The Balaban J connectivity index is 0.00000196. The first-order chi connectivity index (χ1) is 6.77. The Hall–Kier alpha value is -0.0400. The van der Waals surface area contributed by atoms with Crippen LogP contribution in [0.1, 0.15) is 11.6 Å². The number of nitrogens with two attached hydrogens (primary N) is 1. The molecule has 0 aliphatic heterocycles. The highest BCUT2D eigenvalue weighted by Crippen LogP contribution is 2.16. The van der Waals surface area contributed by atoms with Crippen LogP contribution in [0.4, 0.5) is 0 Å². The van der Waals surface area contributed by atoms with E-state index in [0.29, 0.717) is 11.2 Å². The number of hydrogen-bond acceptors (Lipinski definition) is 3. The van der Waals surface area contributed by atoms with Gasteiger partial charge in [0.25, 0.3) is 0 Å². The van der Waals surface area contributed by atoms with Crippen LogP contribution in [0.15, 0.2) is 24.3 Å². The molecule has 3 nitrogen and oxygen atoms in total. The van der Waals surface area contributed by atoms with E-state index in [9.17, 15) is 0 Å². The lowest BCUT2D eigenvalue weighted by Gasteiger charge is -2.11. The first-order valence-corrected chi connectivity index (χ1v) is 5.83. The second-order valence-electron chi connectivity index (χ2n) is 2.86. The van der Waals surface area contributed by atoms with Crippen molar-refractivity contribution in [3.05, 3.63) is 29.8 Å². The van der Waals surface area contributed by atoms with Gasteiger partial charge in [-0.15, -0.1) is 12.4 Å². The van der Waals surface area contributed by atoms with Gasteiger partial charge in [-0.1, -0.05) is 34.7 Å². The first-order valence-electron chi connectivity index (χ1n) is 4.31. The maximum atomic E-state index is 5.90. The Morgan fingerprint density at radius 3 is 2.40 bits per heavy atom. The topological polar surface area (TPSA) is 44.5 Å². The summed E-state index contributed by atoms with van der Waals surface area (Å²) in [5, 5.41) is 0. The van der Waals surface area contributed by atoms with Crippen LogP contribution in [-0.4, -0.2) is 18.3 Å². The molecule has 0 bridgehead atoms. The van der Waals surface area contributed by atoms with E-state index in [1.807, 2.05) is 24.3 Å². The molecular weight excluding hydrogens is 328 g/mol. The van der Waals surface area contributed by atoms with Crippen molar-refractivity contribution in [2.45, 2.75) is 6.04 Å². The third kappa shape index (κ3) is 5.01. The Morgan fingerprint density at radius 1 is 1.33 bits per heavy atom. The zero-order valence-corrected chi connectivity index (χ0v) is 11.5. The van der Waals surface area contributed by atoms with Crippen LogP contribution in [0.25, 0.3) is 0 Å². The molecule has 1 aromatic carbocycles. The highest BCUT2D eigenvalue weighted by Gasteiger charge is 2.05. The van der Waals surface area contributed by atoms with Crippen LogP contribution in [-0.2, 0) is 4.74 Å². The molecule has 0 radical (unpaired) electrons. The summed E-state index contributed by atoms with van der Waals surface area (Å²) in [7, 11) is 1.65. The summed E-state index contributed by atoms with van der Waals surface area (Å²) in [4.78, 5) is 0. The van der Waals surface area contributed by atoms with E-state index >= 15 is 0 Å². The molecule has 0 heterocycles. The highest BCUT2D eigenvalue weighted by molar-refractivity contribution is 14.1. The summed E-state index contributed by atoms with van der Waals surface area (Å²) in [5.41, 5.74) is 6.97. The Morgan fingerprint density at radius 2 is 1.93 bits per heavy atom. The average Bonchev–Trinajstić information content (AvgIpc) is 2.26. The van der Waals surface area contributed by atoms with Gasteiger partial charge in [-0.3, -0.25) is 0 Å². The van der Waals surface area contributed by atoms with Gasteiger partial charge < -0.3 is 15.2 Å².